The van der Waals surface area contributed by atoms with Gasteiger partial charge in [0.2, 0.25) is 29.5 Å². The lowest BCUT2D eigenvalue weighted by molar-refractivity contribution is -0.228. The van der Waals surface area contributed by atoms with Gasteiger partial charge in [0.1, 0.15) is 30.8 Å². The highest BCUT2D eigenvalue weighted by Crippen LogP contribution is 2.26. The van der Waals surface area contributed by atoms with Gasteiger partial charge >= 0.3 is 17.9 Å². The van der Waals surface area contributed by atoms with Gasteiger partial charge in [-0.3, -0.25) is 38.4 Å². The molecule has 1 aliphatic heterocycles. The van der Waals surface area contributed by atoms with Gasteiger partial charge in [0.25, 0.3) is 0 Å². The van der Waals surface area contributed by atoms with Gasteiger partial charge in [0.05, 0.1) is 12.5 Å². The molecular weight excluding hydrogens is 672 g/mol. The molecule has 18 heteroatoms. The summed E-state index contributed by atoms with van der Waals surface area (Å²) in [6, 6.07) is 3.26. The number of nitrogens with two attached hydrogens (primary N) is 2. The molecular formula is C33H48N6O12. The van der Waals surface area contributed by atoms with E-state index in [0.717, 1.165) is 27.7 Å². The molecule has 51 heavy (non-hydrogen) atoms. The van der Waals surface area contributed by atoms with Crippen LogP contribution in [0.2, 0.25) is 0 Å². The van der Waals surface area contributed by atoms with E-state index in [2.05, 4.69) is 21.3 Å². The normalized spacial score (nSPS) is 21.5. The summed E-state index contributed by atoms with van der Waals surface area (Å²) in [5, 5.41) is 10.1. The third-order valence-electron chi connectivity index (χ3n) is 7.42. The van der Waals surface area contributed by atoms with Crippen LogP contribution in [0.4, 0.5) is 0 Å². The van der Waals surface area contributed by atoms with Gasteiger partial charge in [0, 0.05) is 34.1 Å². The number of hydrogen-bond acceptors (Lipinski definition) is 13. The van der Waals surface area contributed by atoms with Crippen LogP contribution < -0.4 is 32.7 Å². The number of hydrogen-bond donors (Lipinski definition) is 6. The van der Waals surface area contributed by atoms with Crippen molar-refractivity contribution in [2.45, 2.75) is 110 Å². The number of rotatable bonds is 17. The molecule has 282 valence electrons. The summed E-state index contributed by atoms with van der Waals surface area (Å²) in [5.41, 5.74) is 11.9. The van der Waals surface area contributed by atoms with Crippen molar-refractivity contribution in [3.63, 3.8) is 0 Å². The molecule has 0 bridgehead atoms. The highest BCUT2D eigenvalue weighted by molar-refractivity contribution is 5.95. The van der Waals surface area contributed by atoms with Crippen molar-refractivity contribution >= 4 is 47.4 Å². The molecule has 0 saturated carbocycles. The van der Waals surface area contributed by atoms with E-state index in [9.17, 15) is 38.4 Å². The molecule has 1 saturated heterocycles. The molecule has 1 aromatic carbocycles. The Kier molecular flexibility index (Phi) is 16.4. The number of primary amides is 1. The lowest BCUT2D eigenvalue weighted by Crippen LogP contribution is -2.70. The summed E-state index contributed by atoms with van der Waals surface area (Å²) >= 11 is 0. The Labute approximate surface area is 295 Å². The molecule has 8 N–H and O–H groups in total. The number of nitrogens with one attached hydrogen (secondary N) is 4. The van der Waals surface area contributed by atoms with Crippen LogP contribution in [0.25, 0.3) is 0 Å². The lowest BCUT2D eigenvalue weighted by Gasteiger charge is -2.45. The number of carbonyl (C=O) groups excluding carboxylic acids is 8. The predicted molar refractivity (Wildman–Crippen MR) is 177 cm³/mol. The topological polar surface area (TPSA) is 274 Å². The third-order valence-corrected chi connectivity index (χ3v) is 7.42. The molecule has 2 rings (SSSR count). The first-order valence-electron chi connectivity index (χ1n) is 16.3. The zero-order valence-electron chi connectivity index (χ0n) is 29.5. The third kappa shape index (κ3) is 14.3. The average molecular weight is 721 g/mol. The van der Waals surface area contributed by atoms with Crippen LogP contribution in [0.1, 0.15) is 59.9 Å². The lowest BCUT2D eigenvalue weighted by atomic mass is 9.94. The monoisotopic (exact) mass is 720 g/mol. The zero-order valence-corrected chi connectivity index (χ0v) is 29.5. The van der Waals surface area contributed by atoms with Gasteiger partial charge in [-0.15, -0.1) is 0 Å². The van der Waals surface area contributed by atoms with Crippen LogP contribution in [-0.2, 0) is 63.7 Å². The fraction of sp³-hybridized carbons (Fsp3) is 0.576. The maximum Gasteiger partial charge on any atom is 0.303 e. The quantitative estimate of drug-likeness (QED) is 0.0768. The number of ether oxygens (including phenoxy) is 4. The predicted octanol–water partition coefficient (Wildman–Crippen LogP) is -1.78. The SMILES string of the molecule is CC(=O)N[C@@H]1[C@@H](OC(C)=O)[C@H](OC(C)=O)[C@@H](COC(C)=O)O[C@H]1NC(=O)[C@H](Cc1ccccc1)NC(=O)[C@H](CC(N)=O)NC(=O)[C@@H](N)CC(C)C. The smallest absolute Gasteiger partial charge is 0.303 e. The molecule has 8 atom stereocenters. The Morgan fingerprint density at radius 1 is 0.784 bits per heavy atom. The minimum Gasteiger partial charge on any atom is -0.463 e. The standard InChI is InChI=1S/C33H48N6O12/c1-16(2)12-22(34)30(45)37-24(14-26(35)44)31(46)38-23(13-21-10-8-7-9-11-21)32(47)39-33-27(36-17(3)40)29(50-20(6)43)28(49-19(5)42)25(51-33)15-48-18(4)41/h7-11,16,22-25,27-29,33H,12-15,34H2,1-6H3,(H2,35,44)(H,36,40)(H,37,45)(H,38,46)(H,39,47)/t22-,23-,24-,25+,27+,28+,29+,33+/m0/s1. The summed E-state index contributed by atoms with van der Waals surface area (Å²) in [4.78, 5) is 101. The Morgan fingerprint density at radius 2 is 1.37 bits per heavy atom. The van der Waals surface area contributed by atoms with Crippen molar-refractivity contribution in [2.24, 2.45) is 17.4 Å². The van der Waals surface area contributed by atoms with Crippen molar-refractivity contribution in [3.05, 3.63) is 35.9 Å². The molecule has 1 heterocycles. The van der Waals surface area contributed by atoms with E-state index < -0.39 is 109 Å². The van der Waals surface area contributed by atoms with E-state index in [1.54, 1.807) is 30.3 Å². The average Bonchev–Trinajstić information content (AvgIpc) is 3.01. The largest absolute Gasteiger partial charge is 0.463 e. The van der Waals surface area contributed by atoms with Crippen LogP contribution in [0.15, 0.2) is 30.3 Å². The Bertz CT molecular complexity index is 1420. The fourth-order valence-electron chi connectivity index (χ4n) is 5.33. The molecule has 1 fully saturated rings. The molecule has 0 aromatic heterocycles. The second-order valence-corrected chi connectivity index (χ2v) is 12.5. The van der Waals surface area contributed by atoms with Gasteiger partial charge in [0.15, 0.2) is 18.4 Å². The van der Waals surface area contributed by atoms with E-state index in [-0.39, 0.29) is 18.8 Å². The first kappa shape index (κ1) is 42.1. The van der Waals surface area contributed by atoms with Gasteiger partial charge in [-0.25, -0.2) is 0 Å². The number of benzene rings is 1. The Hall–Kier alpha value is -5.10. The van der Waals surface area contributed by atoms with Gasteiger partial charge in [-0.2, -0.15) is 0 Å². The first-order chi connectivity index (χ1) is 23.9. The van der Waals surface area contributed by atoms with Gasteiger partial charge in [-0.05, 0) is 17.9 Å². The van der Waals surface area contributed by atoms with Gasteiger partial charge < -0.3 is 51.7 Å². The summed E-state index contributed by atoms with van der Waals surface area (Å²) < 4.78 is 22.0. The van der Waals surface area contributed by atoms with Crippen LogP contribution in [0.3, 0.4) is 0 Å². The summed E-state index contributed by atoms with van der Waals surface area (Å²) in [6.07, 6.45) is -6.13. The highest BCUT2D eigenvalue weighted by Gasteiger charge is 2.51. The molecule has 0 radical (unpaired) electrons. The van der Waals surface area contributed by atoms with Crippen molar-refractivity contribution < 1.29 is 57.3 Å². The van der Waals surface area contributed by atoms with Crippen LogP contribution >= 0.6 is 0 Å². The van der Waals surface area contributed by atoms with Crippen molar-refractivity contribution in [1.82, 2.24) is 21.3 Å². The van der Waals surface area contributed by atoms with Crippen molar-refractivity contribution in [1.29, 1.82) is 0 Å². The number of esters is 3. The molecule has 18 nitrogen and oxygen atoms in total. The Morgan fingerprint density at radius 3 is 1.90 bits per heavy atom. The fourth-order valence-corrected chi connectivity index (χ4v) is 5.33. The van der Waals surface area contributed by atoms with E-state index >= 15 is 0 Å². The molecule has 0 spiro atoms. The first-order valence-corrected chi connectivity index (χ1v) is 16.3. The second-order valence-electron chi connectivity index (χ2n) is 12.5. The summed E-state index contributed by atoms with van der Waals surface area (Å²) in [6.45, 7) is 7.61. The van der Waals surface area contributed by atoms with Crippen molar-refractivity contribution in [3.8, 4) is 0 Å². The van der Waals surface area contributed by atoms with Crippen LogP contribution in [0.5, 0.6) is 0 Å². The van der Waals surface area contributed by atoms with Gasteiger partial charge in [-0.1, -0.05) is 44.2 Å². The minimum atomic E-state index is -1.52. The molecule has 1 aromatic rings. The van der Waals surface area contributed by atoms with Crippen molar-refractivity contribution in [2.75, 3.05) is 6.61 Å². The number of amides is 5. The molecule has 1 aliphatic rings. The van der Waals surface area contributed by atoms with Crippen LogP contribution in [-0.4, -0.2) is 103 Å². The highest BCUT2D eigenvalue weighted by atomic mass is 16.6. The van der Waals surface area contributed by atoms with Crippen LogP contribution in [0, 0.1) is 5.92 Å². The number of carbonyl (C=O) groups is 8. The Balaban J connectivity index is 2.51. The zero-order chi connectivity index (χ0) is 38.4. The summed E-state index contributed by atoms with van der Waals surface area (Å²) in [5.74, 6) is -6.40. The molecule has 0 aliphatic carbocycles. The maximum absolute atomic E-state index is 14.0. The maximum atomic E-state index is 14.0. The minimum absolute atomic E-state index is 0.0507. The second kappa shape index (κ2) is 19.9. The summed E-state index contributed by atoms with van der Waals surface area (Å²) in [7, 11) is 0. The van der Waals surface area contributed by atoms with E-state index in [0.29, 0.717) is 5.56 Å². The van der Waals surface area contributed by atoms with E-state index in [1.807, 2.05) is 13.8 Å². The van der Waals surface area contributed by atoms with E-state index in [4.69, 9.17) is 30.4 Å². The van der Waals surface area contributed by atoms with E-state index in [1.165, 1.54) is 0 Å². The molecule has 5 amide bonds. The molecule has 0 unspecified atom stereocenters.